The highest BCUT2D eigenvalue weighted by Crippen LogP contribution is 2.37. The first-order chi connectivity index (χ1) is 8.07. The molecule has 1 amide bonds. The number of nitrogens with zero attached hydrogens (tertiary/aromatic N) is 1. The van der Waals surface area contributed by atoms with E-state index in [4.69, 9.17) is 5.73 Å². The zero-order chi connectivity index (χ0) is 12.0. The normalized spacial score (nSPS) is 21.3. The molecule has 0 saturated heterocycles. The van der Waals surface area contributed by atoms with Crippen LogP contribution in [0.15, 0.2) is 18.2 Å². The van der Waals surface area contributed by atoms with Gasteiger partial charge in [-0.25, -0.2) is 0 Å². The van der Waals surface area contributed by atoms with Crippen LogP contribution in [0.25, 0.3) is 0 Å². The Morgan fingerprint density at radius 3 is 2.82 bits per heavy atom. The van der Waals surface area contributed by atoms with Gasteiger partial charge in [0, 0.05) is 24.7 Å². The van der Waals surface area contributed by atoms with E-state index in [2.05, 4.69) is 18.2 Å². The van der Waals surface area contributed by atoms with Gasteiger partial charge in [0.15, 0.2) is 0 Å². The second-order valence-corrected chi connectivity index (χ2v) is 5.45. The standard InChI is InChI=1S/C14H18N2O/c1-16-12-8-10(9-14(15)6-7-14)2-3-11(12)4-5-13(16)17/h2-3,8H,4-7,9,15H2,1H3. The zero-order valence-corrected chi connectivity index (χ0v) is 10.2. The first-order valence-electron chi connectivity index (χ1n) is 6.25. The first-order valence-corrected chi connectivity index (χ1v) is 6.25. The van der Waals surface area contributed by atoms with Crippen LogP contribution in [0.1, 0.15) is 30.4 Å². The van der Waals surface area contributed by atoms with Crippen LogP contribution in [0.2, 0.25) is 0 Å². The Hall–Kier alpha value is -1.35. The van der Waals surface area contributed by atoms with Crippen molar-refractivity contribution in [3.05, 3.63) is 29.3 Å². The summed E-state index contributed by atoms with van der Waals surface area (Å²) in [5, 5.41) is 0. The lowest BCUT2D eigenvalue weighted by Gasteiger charge is -2.26. The zero-order valence-electron chi connectivity index (χ0n) is 10.2. The van der Waals surface area contributed by atoms with Crippen LogP contribution in [0.3, 0.4) is 0 Å². The maximum Gasteiger partial charge on any atom is 0.227 e. The third kappa shape index (κ3) is 1.95. The summed E-state index contributed by atoms with van der Waals surface area (Å²) in [6, 6.07) is 6.45. The molecule has 1 saturated carbocycles. The van der Waals surface area contributed by atoms with Crippen molar-refractivity contribution < 1.29 is 4.79 Å². The van der Waals surface area contributed by atoms with Crippen LogP contribution in [-0.2, 0) is 17.6 Å². The quantitative estimate of drug-likeness (QED) is 0.839. The van der Waals surface area contributed by atoms with Crippen LogP contribution in [0.5, 0.6) is 0 Å². The summed E-state index contributed by atoms with van der Waals surface area (Å²) >= 11 is 0. The largest absolute Gasteiger partial charge is 0.325 e. The molecule has 90 valence electrons. The Bertz CT molecular complexity index is 477. The van der Waals surface area contributed by atoms with Crippen LogP contribution in [-0.4, -0.2) is 18.5 Å². The van der Waals surface area contributed by atoms with Crippen molar-refractivity contribution in [3.8, 4) is 0 Å². The van der Waals surface area contributed by atoms with Crippen molar-refractivity contribution in [1.82, 2.24) is 0 Å². The highest BCUT2D eigenvalue weighted by atomic mass is 16.2. The number of aryl methyl sites for hydroxylation is 1. The number of hydrogen-bond acceptors (Lipinski definition) is 2. The number of carbonyl (C=O) groups is 1. The van der Waals surface area contributed by atoms with E-state index in [1.807, 2.05) is 7.05 Å². The number of fused-ring (bicyclic) bond motifs is 1. The monoisotopic (exact) mass is 230 g/mol. The van der Waals surface area contributed by atoms with E-state index in [1.165, 1.54) is 11.1 Å². The minimum Gasteiger partial charge on any atom is -0.325 e. The van der Waals surface area contributed by atoms with Gasteiger partial charge in [0.05, 0.1) is 0 Å². The minimum atomic E-state index is 0.0332. The Morgan fingerprint density at radius 1 is 1.35 bits per heavy atom. The molecule has 1 aliphatic carbocycles. The molecule has 0 bridgehead atoms. The Labute approximate surface area is 102 Å². The van der Waals surface area contributed by atoms with Gasteiger partial charge < -0.3 is 10.6 Å². The SMILES string of the molecule is CN1C(=O)CCc2ccc(CC3(N)CC3)cc21. The summed E-state index contributed by atoms with van der Waals surface area (Å²) in [5.41, 5.74) is 9.77. The average Bonchev–Trinajstić information content (AvgIpc) is 3.02. The van der Waals surface area contributed by atoms with Crippen molar-refractivity contribution in [2.24, 2.45) is 5.73 Å². The number of nitrogens with two attached hydrogens (primary N) is 1. The predicted molar refractivity (Wildman–Crippen MR) is 68.0 cm³/mol. The molecule has 2 aliphatic rings. The molecule has 3 nitrogen and oxygen atoms in total. The van der Waals surface area contributed by atoms with E-state index in [-0.39, 0.29) is 11.4 Å². The number of amides is 1. The van der Waals surface area contributed by atoms with Gasteiger partial charge in [-0.3, -0.25) is 4.79 Å². The lowest BCUT2D eigenvalue weighted by molar-refractivity contribution is -0.118. The molecule has 1 aromatic rings. The van der Waals surface area contributed by atoms with E-state index >= 15 is 0 Å². The topological polar surface area (TPSA) is 46.3 Å². The molecular weight excluding hydrogens is 212 g/mol. The molecule has 1 aliphatic heterocycles. The molecule has 0 aromatic heterocycles. The van der Waals surface area contributed by atoms with Crippen molar-refractivity contribution in [2.45, 2.75) is 37.6 Å². The summed E-state index contributed by atoms with van der Waals surface area (Å²) in [6.45, 7) is 0. The Kier molecular flexibility index (Phi) is 2.26. The fourth-order valence-electron chi connectivity index (χ4n) is 2.53. The fraction of sp³-hybridized carbons (Fsp3) is 0.500. The van der Waals surface area contributed by atoms with Crippen LogP contribution < -0.4 is 10.6 Å². The Morgan fingerprint density at radius 2 is 2.12 bits per heavy atom. The maximum absolute atomic E-state index is 11.7. The summed E-state index contributed by atoms with van der Waals surface area (Å²) < 4.78 is 0. The fourth-order valence-corrected chi connectivity index (χ4v) is 2.53. The number of benzene rings is 1. The molecule has 0 unspecified atom stereocenters. The van der Waals surface area contributed by atoms with Crippen LogP contribution in [0.4, 0.5) is 5.69 Å². The van der Waals surface area contributed by atoms with Gasteiger partial charge in [-0.1, -0.05) is 12.1 Å². The van der Waals surface area contributed by atoms with Crippen molar-refractivity contribution in [1.29, 1.82) is 0 Å². The Balaban J connectivity index is 1.91. The van der Waals surface area contributed by atoms with E-state index in [0.717, 1.165) is 31.4 Å². The second kappa shape index (κ2) is 3.57. The molecule has 3 heteroatoms. The van der Waals surface area contributed by atoms with Gasteiger partial charge in [0.2, 0.25) is 5.91 Å². The van der Waals surface area contributed by atoms with Gasteiger partial charge >= 0.3 is 0 Å². The van der Waals surface area contributed by atoms with Gasteiger partial charge in [0.1, 0.15) is 0 Å². The first kappa shape index (κ1) is 10.8. The summed E-state index contributed by atoms with van der Waals surface area (Å²) in [6.07, 6.45) is 4.68. The minimum absolute atomic E-state index is 0.0332. The molecule has 2 N–H and O–H groups in total. The van der Waals surface area contributed by atoms with Crippen LogP contribution >= 0.6 is 0 Å². The van der Waals surface area contributed by atoms with Crippen molar-refractivity contribution in [2.75, 3.05) is 11.9 Å². The second-order valence-electron chi connectivity index (χ2n) is 5.45. The van der Waals surface area contributed by atoms with E-state index in [0.29, 0.717) is 6.42 Å². The molecule has 1 heterocycles. The average molecular weight is 230 g/mol. The molecule has 1 aromatic carbocycles. The van der Waals surface area contributed by atoms with Gasteiger partial charge in [-0.15, -0.1) is 0 Å². The molecule has 3 rings (SSSR count). The maximum atomic E-state index is 11.7. The third-order valence-corrected chi connectivity index (χ3v) is 3.94. The van der Waals surface area contributed by atoms with Gasteiger partial charge in [-0.2, -0.15) is 0 Å². The summed E-state index contributed by atoms with van der Waals surface area (Å²) in [5.74, 6) is 0.212. The number of hydrogen-bond donors (Lipinski definition) is 1. The summed E-state index contributed by atoms with van der Waals surface area (Å²) in [7, 11) is 1.86. The lowest BCUT2D eigenvalue weighted by atomic mass is 9.96. The van der Waals surface area contributed by atoms with Gasteiger partial charge in [0.25, 0.3) is 0 Å². The lowest BCUT2D eigenvalue weighted by Crippen LogP contribution is -2.31. The number of rotatable bonds is 2. The molecule has 0 spiro atoms. The van der Waals surface area contributed by atoms with Crippen molar-refractivity contribution in [3.63, 3.8) is 0 Å². The highest BCUT2D eigenvalue weighted by Gasteiger charge is 2.38. The van der Waals surface area contributed by atoms with E-state index < -0.39 is 0 Å². The molecule has 1 fully saturated rings. The summed E-state index contributed by atoms with van der Waals surface area (Å²) in [4.78, 5) is 13.4. The van der Waals surface area contributed by atoms with Crippen molar-refractivity contribution >= 4 is 11.6 Å². The third-order valence-electron chi connectivity index (χ3n) is 3.94. The van der Waals surface area contributed by atoms with Gasteiger partial charge in [-0.05, 0) is 42.9 Å². The molecular formula is C14H18N2O. The van der Waals surface area contributed by atoms with E-state index in [9.17, 15) is 4.79 Å². The molecule has 0 atom stereocenters. The van der Waals surface area contributed by atoms with E-state index in [1.54, 1.807) is 4.90 Å². The predicted octanol–water partition coefficient (Wildman–Crippen LogP) is 1.63. The highest BCUT2D eigenvalue weighted by molar-refractivity contribution is 5.95. The number of carbonyl (C=O) groups excluding carboxylic acids is 1. The smallest absolute Gasteiger partial charge is 0.227 e. The number of anilines is 1. The van der Waals surface area contributed by atoms with Crippen LogP contribution in [0, 0.1) is 0 Å². The molecule has 17 heavy (non-hydrogen) atoms. The molecule has 0 radical (unpaired) electrons.